The van der Waals surface area contributed by atoms with E-state index >= 15 is 0 Å². The summed E-state index contributed by atoms with van der Waals surface area (Å²) in [6, 6.07) is 9.63. The number of hydrogen-bond donors (Lipinski definition) is 1. The zero-order valence-corrected chi connectivity index (χ0v) is 13.7. The van der Waals surface area contributed by atoms with Crippen LogP contribution in [0, 0.1) is 0 Å². The molecule has 0 saturated carbocycles. The minimum atomic E-state index is -0.0420. The minimum absolute atomic E-state index is 0.0420. The largest absolute Gasteiger partial charge is 0.494 e. The second-order valence-corrected chi connectivity index (χ2v) is 5.84. The zero-order valence-electron chi connectivity index (χ0n) is 13.7. The van der Waals surface area contributed by atoms with Gasteiger partial charge < -0.3 is 14.4 Å². The summed E-state index contributed by atoms with van der Waals surface area (Å²) in [5.41, 5.74) is 0.838. The molecule has 1 amide bonds. The highest BCUT2D eigenvalue weighted by molar-refractivity contribution is 5.76. The van der Waals surface area contributed by atoms with Gasteiger partial charge >= 0.3 is 0 Å². The van der Waals surface area contributed by atoms with E-state index in [1.165, 1.54) is 0 Å². The molecule has 0 radical (unpaired) electrons. The van der Waals surface area contributed by atoms with Gasteiger partial charge in [0.05, 0.1) is 30.5 Å². The lowest BCUT2D eigenvalue weighted by Crippen LogP contribution is -2.30. The molecule has 0 bridgehead atoms. The molecule has 1 saturated heterocycles. The van der Waals surface area contributed by atoms with Gasteiger partial charge in [-0.1, -0.05) is 18.2 Å². The number of likely N-dealkylation sites (tertiary alicyclic amines) is 1. The summed E-state index contributed by atoms with van der Waals surface area (Å²) in [6.45, 7) is 1.74. The van der Waals surface area contributed by atoms with Crippen LogP contribution in [0.2, 0.25) is 0 Å². The molecule has 7 nitrogen and oxygen atoms in total. The predicted molar refractivity (Wildman–Crippen MR) is 87.7 cm³/mol. The molecule has 1 aromatic carbocycles. The van der Waals surface area contributed by atoms with Crippen molar-refractivity contribution in [2.24, 2.45) is 0 Å². The molecule has 1 aliphatic rings. The lowest BCUT2D eigenvalue weighted by atomic mass is 10.0. The number of rotatable bonds is 7. The SMILES string of the molecule is CO[C@@H]1CN(C(=O)CCCOc2ccccc2)C[C@H]1c1cn[nH]n1. The van der Waals surface area contributed by atoms with Crippen LogP contribution in [0.25, 0.3) is 0 Å². The Morgan fingerprint density at radius 3 is 2.88 bits per heavy atom. The van der Waals surface area contributed by atoms with E-state index in [0.29, 0.717) is 32.5 Å². The normalized spacial score (nSPS) is 20.3. The van der Waals surface area contributed by atoms with E-state index in [0.717, 1.165) is 11.4 Å². The zero-order chi connectivity index (χ0) is 16.8. The van der Waals surface area contributed by atoms with Crippen LogP contribution in [0.15, 0.2) is 36.5 Å². The van der Waals surface area contributed by atoms with Crippen molar-refractivity contribution in [3.05, 3.63) is 42.2 Å². The van der Waals surface area contributed by atoms with Gasteiger partial charge in [-0.15, -0.1) is 0 Å². The summed E-state index contributed by atoms with van der Waals surface area (Å²) < 4.78 is 11.1. The topological polar surface area (TPSA) is 80.3 Å². The summed E-state index contributed by atoms with van der Waals surface area (Å²) in [6.07, 6.45) is 2.81. The highest BCUT2D eigenvalue weighted by Crippen LogP contribution is 2.28. The molecule has 1 aromatic heterocycles. The second-order valence-electron chi connectivity index (χ2n) is 5.84. The summed E-state index contributed by atoms with van der Waals surface area (Å²) >= 11 is 0. The van der Waals surface area contributed by atoms with Crippen LogP contribution in [0.3, 0.4) is 0 Å². The van der Waals surface area contributed by atoms with Crippen molar-refractivity contribution in [1.29, 1.82) is 0 Å². The fourth-order valence-corrected chi connectivity index (χ4v) is 2.98. The van der Waals surface area contributed by atoms with Crippen LogP contribution in [-0.4, -0.2) is 59.1 Å². The number of amides is 1. The van der Waals surface area contributed by atoms with Gasteiger partial charge in [-0.25, -0.2) is 0 Å². The molecule has 24 heavy (non-hydrogen) atoms. The van der Waals surface area contributed by atoms with Gasteiger partial charge in [-0.2, -0.15) is 15.4 Å². The number of aromatic amines is 1. The van der Waals surface area contributed by atoms with Gasteiger partial charge in [0.15, 0.2) is 0 Å². The van der Waals surface area contributed by atoms with Crippen molar-refractivity contribution in [1.82, 2.24) is 20.3 Å². The Labute approximate surface area is 141 Å². The molecule has 2 aromatic rings. The lowest BCUT2D eigenvalue weighted by Gasteiger charge is -2.16. The monoisotopic (exact) mass is 330 g/mol. The van der Waals surface area contributed by atoms with E-state index in [1.54, 1.807) is 13.3 Å². The number of para-hydroxylation sites is 1. The number of aromatic nitrogens is 3. The number of benzene rings is 1. The Hall–Kier alpha value is -2.41. The summed E-state index contributed by atoms with van der Waals surface area (Å²) in [5.74, 6) is 1.02. The smallest absolute Gasteiger partial charge is 0.222 e. The maximum atomic E-state index is 12.4. The first kappa shape index (κ1) is 16.4. The Kier molecular flexibility index (Phi) is 5.43. The Bertz CT molecular complexity index is 633. The maximum absolute atomic E-state index is 12.4. The number of nitrogens with one attached hydrogen (secondary N) is 1. The van der Waals surface area contributed by atoms with Crippen molar-refractivity contribution in [3.8, 4) is 5.75 Å². The van der Waals surface area contributed by atoms with Crippen molar-refractivity contribution in [3.63, 3.8) is 0 Å². The highest BCUT2D eigenvalue weighted by Gasteiger charge is 2.37. The molecule has 3 rings (SSSR count). The molecule has 0 unspecified atom stereocenters. The summed E-state index contributed by atoms with van der Waals surface area (Å²) in [5, 5.41) is 10.6. The molecule has 0 spiro atoms. The molecular weight excluding hydrogens is 308 g/mol. The average molecular weight is 330 g/mol. The van der Waals surface area contributed by atoms with Crippen molar-refractivity contribution in [2.75, 3.05) is 26.8 Å². The number of hydrogen-bond acceptors (Lipinski definition) is 5. The summed E-state index contributed by atoms with van der Waals surface area (Å²) in [4.78, 5) is 14.2. The number of carbonyl (C=O) groups is 1. The molecule has 0 aliphatic carbocycles. The number of carbonyl (C=O) groups excluding carboxylic acids is 1. The van der Waals surface area contributed by atoms with E-state index < -0.39 is 0 Å². The van der Waals surface area contributed by atoms with Crippen molar-refractivity contribution < 1.29 is 14.3 Å². The van der Waals surface area contributed by atoms with E-state index in [9.17, 15) is 4.79 Å². The molecule has 2 atom stereocenters. The van der Waals surface area contributed by atoms with Crippen LogP contribution >= 0.6 is 0 Å². The molecular formula is C17H22N4O3. The number of H-pyrrole nitrogens is 1. The predicted octanol–water partition coefficient (Wildman–Crippen LogP) is 1.60. The Morgan fingerprint density at radius 1 is 1.33 bits per heavy atom. The maximum Gasteiger partial charge on any atom is 0.222 e. The van der Waals surface area contributed by atoms with Crippen LogP contribution in [-0.2, 0) is 9.53 Å². The molecule has 1 aliphatic heterocycles. The lowest BCUT2D eigenvalue weighted by molar-refractivity contribution is -0.130. The van der Waals surface area contributed by atoms with Gasteiger partial charge in [0.25, 0.3) is 0 Å². The molecule has 128 valence electrons. The Morgan fingerprint density at radius 2 is 2.17 bits per heavy atom. The van der Waals surface area contributed by atoms with E-state index in [1.807, 2.05) is 35.2 Å². The first-order valence-electron chi connectivity index (χ1n) is 8.12. The van der Waals surface area contributed by atoms with Gasteiger partial charge in [-0.3, -0.25) is 4.79 Å². The van der Waals surface area contributed by atoms with Crippen molar-refractivity contribution >= 4 is 5.91 Å². The molecule has 7 heteroatoms. The van der Waals surface area contributed by atoms with E-state index in [2.05, 4.69) is 15.4 Å². The van der Waals surface area contributed by atoms with Gasteiger partial charge in [0.2, 0.25) is 5.91 Å². The van der Waals surface area contributed by atoms with Crippen molar-refractivity contribution in [2.45, 2.75) is 24.9 Å². The average Bonchev–Trinajstić information content (AvgIpc) is 3.28. The third kappa shape index (κ3) is 3.91. The third-order valence-electron chi connectivity index (χ3n) is 4.28. The molecule has 2 heterocycles. The second kappa shape index (κ2) is 7.92. The first-order valence-corrected chi connectivity index (χ1v) is 8.12. The van der Waals surface area contributed by atoms with Gasteiger partial charge in [0.1, 0.15) is 5.75 Å². The molecule has 1 N–H and O–H groups in total. The Balaban J connectivity index is 1.45. The fraction of sp³-hybridized carbons (Fsp3) is 0.471. The van der Waals surface area contributed by atoms with Gasteiger partial charge in [-0.05, 0) is 18.6 Å². The minimum Gasteiger partial charge on any atom is -0.494 e. The van der Waals surface area contributed by atoms with Crippen LogP contribution < -0.4 is 4.74 Å². The fourth-order valence-electron chi connectivity index (χ4n) is 2.98. The number of nitrogens with zero attached hydrogens (tertiary/aromatic N) is 3. The highest BCUT2D eigenvalue weighted by atomic mass is 16.5. The van der Waals surface area contributed by atoms with Crippen LogP contribution in [0.1, 0.15) is 24.5 Å². The summed E-state index contributed by atoms with van der Waals surface area (Å²) in [7, 11) is 1.67. The third-order valence-corrected chi connectivity index (χ3v) is 4.28. The van der Waals surface area contributed by atoms with Gasteiger partial charge in [0, 0.05) is 26.6 Å². The quantitative estimate of drug-likeness (QED) is 0.780. The first-order chi connectivity index (χ1) is 11.8. The van der Waals surface area contributed by atoms with E-state index in [-0.39, 0.29) is 17.9 Å². The molecule has 1 fully saturated rings. The van der Waals surface area contributed by atoms with E-state index in [4.69, 9.17) is 9.47 Å². The standard InChI is InChI=1S/C17H22N4O3/c1-23-16-12-21(11-14(16)15-10-18-20-19-15)17(22)8-5-9-24-13-6-3-2-4-7-13/h2-4,6-7,10,14,16H,5,8-9,11-12H2,1H3,(H,18,19,20)/t14-,16+/m0/s1. The number of methoxy groups -OCH3 is 1. The van der Waals surface area contributed by atoms with Crippen LogP contribution in [0.5, 0.6) is 5.75 Å². The number of ether oxygens (including phenoxy) is 2. The van der Waals surface area contributed by atoms with Crippen LogP contribution in [0.4, 0.5) is 0 Å².